The lowest BCUT2D eigenvalue weighted by Gasteiger charge is -2.20. The van der Waals surface area contributed by atoms with Crippen LogP contribution in [0.25, 0.3) is 11.0 Å². The molecule has 2 aromatic rings. The van der Waals surface area contributed by atoms with Crippen LogP contribution < -0.4 is 11.1 Å². The number of nitrogens with one attached hydrogen (secondary N) is 1. The van der Waals surface area contributed by atoms with Gasteiger partial charge >= 0.3 is 0 Å². The summed E-state index contributed by atoms with van der Waals surface area (Å²) in [5.41, 5.74) is 8.66. The molecule has 0 radical (unpaired) electrons. The Bertz CT molecular complexity index is 552. The second-order valence-electron chi connectivity index (χ2n) is 4.82. The molecule has 1 aromatic carbocycles. The Hall–Kier alpha value is -1.82. The van der Waals surface area contributed by atoms with Gasteiger partial charge in [-0.05, 0) is 48.9 Å². The fourth-order valence-corrected chi connectivity index (χ4v) is 2.49. The number of nitrogens with two attached hydrogens (primary N) is 1. The van der Waals surface area contributed by atoms with Gasteiger partial charge in [-0.25, -0.2) is 4.63 Å². The van der Waals surface area contributed by atoms with Crippen molar-refractivity contribution in [1.82, 2.24) is 15.2 Å². The molecule has 1 saturated heterocycles. The highest BCUT2D eigenvalue weighted by Crippen LogP contribution is 2.25. The van der Waals surface area contributed by atoms with E-state index in [-0.39, 0.29) is 0 Å². The van der Waals surface area contributed by atoms with Crippen LogP contribution in [-0.4, -0.2) is 41.4 Å². The lowest BCUT2D eigenvalue weighted by Crippen LogP contribution is -2.31. The number of nitrogen functional groups attached to an aromatic ring is 1. The first-order valence-electron chi connectivity index (χ1n) is 6.20. The molecule has 3 N–H and O–H groups in total. The summed E-state index contributed by atoms with van der Waals surface area (Å²) in [6.45, 7) is 2.08. The summed E-state index contributed by atoms with van der Waals surface area (Å²) in [7, 11) is 2.16. The van der Waals surface area contributed by atoms with E-state index in [2.05, 4.69) is 27.6 Å². The van der Waals surface area contributed by atoms with Crippen molar-refractivity contribution in [1.29, 1.82) is 0 Å². The Morgan fingerprint density at radius 3 is 3.06 bits per heavy atom. The summed E-state index contributed by atoms with van der Waals surface area (Å²) >= 11 is 0. The lowest BCUT2D eigenvalue weighted by atomic mass is 10.2. The van der Waals surface area contributed by atoms with Crippen LogP contribution >= 0.6 is 0 Å². The van der Waals surface area contributed by atoms with Gasteiger partial charge in [0.25, 0.3) is 0 Å². The molecule has 1 unspecified atom stereocenters. The van der Waals surface area contributed by atoms with Crippen molar-refractivity contribution in [2.45, 2.75) is 18.9 Å². The third-order valence-corrected chi connectivity index (χ3v) is 3.65. The molecule has 18 heavy (non-hydrogen) atoms. The number of likely N-dealkylation sites (tertiary alicyclic amines) is 1. The molecular weight excluding hydrogens is 230 g/mol. The molecule has 0 spiro atoms. The monoisotopic (exact) mass is 247 g/mol. The minimum absolute atomic E-state index is 0.581. The Labute approximate surface area is 105 Å². The van der Waals surface area contributed by atoms with Gasteiger partial charge in [0.2, 0.25) is 0 Å². The van der Waals surface area contributed by atoms with Gasteiger partial charge in [0.15, 0.2) is 11.0 Å². The van der Waals surface area contributed by atoms with E-state index in [1.807, 2.05) is 12.1 Å². The van der Waals surface area contributed by atoms with Crippen molar-refractivity contribution >= 4 is 22.4 Å². The van der Waals surface area contributed by atoms with Crippen LogP contribution in [-0.2, 0) is 0 Å². The molecule has 2 heterocycles. The number of likely N-dealkylation sites (N-methyl/N-ethyl adjacent to an activating group) is 1. The average Bonchev–Trinajstić information content (AvgIpc) is 2.98. The fourth-order valence-electron chi connectivity index (χ4n) is 2.49. The third kappa shape index (κ3) is 1.88. The summed E-state index contributed by atoms with van der Waals surface area (Å²) in [5.74, 6) is 0. The molecule has 6 nitrogen and oxygen atoms in total. The Morgan fingerprint density at radius 1 is 1.44 bits per heavy atom. The molecule has 6 heteroatoms. The minimum atomic E-state index is 0.581. The van der Waals surface area contributed by atoms with Gasteiger partial charge in [-0.1, -0.05) is 0 Å². The van der Waals surface area contributed by atoms with E-state index < -0.39 is 0 Å². The van der Waals surface area contributed by atoms with Crippen molar-refractivity contribution in [2.75, 3.05) is 31.2 Å². The Balaban J connectivity index is 1.78. The normalized spacial score (nSPS) is 20.6. The van der Waals surface area contributed by atoms with E-state index in [1.54, 1.807) is 0 Å². The van der Waals surface area contributed by atoms with Crippen molar-refractivity contribution < 1.29 is 4.63 Å². The highest BCUT2D eigenvalue weighted by Gasteiger charge is 2.20. The topological polar surface area (TPSA) is 80.2 Å². The van der Waals surface area contributed by atoms with Crippen molar-refractivity contribution in [3.05, 3.63) is 12.1 Å². The number of anilines is 2. The predicted molar refractivity (Wildman–Crippen MR) is 70.4 cm³/mol. The van der Waals surface area contributed by atoms with Gasteiger partial charge in [0, 0.05) is 12.6 Å². The maximum Gasteiger partial charge on any atom is 0.160 e. The minimum Gasteiger partial charge on any atom is -0.397 e. The van der Waals surface area contributed by atoms with Crippen molar-refractivity contribution in [2.24, 2.45) is 0 Å². The fraction of sp³-hybridized carbons (Fsp3) is 0.500. The van der Waals surface area contributed by atoms with Gasteiger partial charge in [-0.2, -0.15) is 0 Å². The van der Waals surface area contributed by atoms with Crippen molar-refractivity contribution in [3.8, 4) is 0 Å². The molecule has 0 aliphatic carbocycles. The molecule has 1 aromatic heterocycles. The summed E-state index contributed by atoms with van der Waals surface area (Å²) in [4.78, 5) is 2.38. The van der Waals surface area contributed by atoms with Crippen LogP contribution in [0.4, 0.5) is 11.4 Å². The number of hydrogen-bond acceptors (Lipinski definition) is 6. The summed E-state index contributed by atoms with van der Waals surface area (Å²) in [6, 6.07) is 4.33. The van der Waals surface area contributed by atoms with Crippen LogP contribution in [0.3, 0.4) is 0 Å². The van der Waals surface area contributed by atoms with Gasteiger partial charge in [-0.3, -0.25) is 0 Å². The summed E-state index contributed by atoms with van der Waals surface area (Å²) in [5, 5.41) is 11.1. The zero-order chi connectivity index (χ0) is 12.5. The van der Waals surface area contributed by atoms with Crippen LogP contribution in [0.1, 0.15) is 12.8 Å². The first-order chi connectivity index (χ1) is 8.75. The molecule has 0 amide bonds. The number of benzene rings is 1. The van der Waals surface area contributed by atoms with Crippen LogP contribution in [0.5, 0.6) is 0 Å². The largest absolute Gasteiger partial charge is 0.397 e. The molecule has 3 rings (SSSR count). The Morgan fingerprint density at radius 2 is 2.28 bits per heavy atom. The van der Waals surface area contributed by atoms with Crippen LogP contribution in [0, 0.1) is 0 Å². The molecular formula is C12H17N5O. The Kier molecular flexibility index (Phi) is 2.79. The van der Waals surface area contributed by atoms with Crippen molar-refractivity contribution in [3.63, 3.8) is 0 Å². The first kappa shape index (κ1) is 11.3. The van der Waals surface area contributed by atoms with E-state index >= 15 is 0 Å². The van der Waals surface area contributed by atoms with Crippen LogP contribution in [0.2, 0.25) is 0 Å². The summed E-state index contributed by atoms with van der Waals surface area (Å²) in [6.07, 6.45) is 2.50. The molecule has 1 aliphatic rings. The molecule has 1 atom stereocenters. The SMILES string of the molecule is CN1CCCC1CNc1ccc(N)c2nonc12. The van der Waals surface area contributed by atoms with E-state index in [4.69, 9.17) is 10.4 Å². The first-order valence-corrected chi connectivity index (χ1v) is 6.20. The molecule has 96 valence electrons. The molecule has 1 aliphatic heterocycles. The van der Waals surface area contributed by atoms with E-state index in [0.717, 1.165) is 12.2 Å². The van der Waals surface area contributed by atoms with Gasteiger partial charge in [-0.15, -0.1) is 0 Å². The number of rotatable bonds is 3. The number of hydrogen-bond donors (Lipinski definition) is 2. The highest BCUT2D eigenvalue weighted by molar-refractivity contribution is 5.94. The van der Waals surface area contributed by atoms with E-state index in [9.17, 15) is 0 Å². The second kappa shape index (κ2) is 4.45. The average molecular weight is 247 g/mol. The number of nitrogens with zero attached hydrogens (tertiary/aromatic N) is 3. The predicted octanol–water partition coefficient (Wildman–Crippen LogP) is 1.31. The van der Waals surface area contributed by atoms with Gasteiger partial charge in [0.1, 0.15) is 0 Å². The summed E-state index contributed by atoms with van der Waals surface area (Å²) < 4.78 is 4.75. The lowest BCUT2D eigenvalue weighted by molar-refractivity contribution is 0.315. The smallest absolute Gasteiger partial charge is 0.160 e. The zero-order valence-electron chi connectivity index (χ0n) is 10.4. The number of aromatic nitrogens is 2. The van der Waals surface area contributed by atoms with Gasteiger partial charge in [0.05, 0.1) is 11.4 Å². The maximum absolute atomic E-state index is 5.81. The van der Waals surface area contributed by atoms with Gasteiger partial charge < -0.3 is 16.0 Å². The van der Waals surface area contributed by atoms with E-state index in [0.29, 0.717) is 22.8 Å². The zero-order valence-corrected chi connectivity index (χ0v) is 10.4. The second-order valence-corrected chi connectivity index (χ2v) is 4.82. The highest BCUT2D eigenvalue weighted by atomic mass is 16.6. The van der Waals surface area contributed by atoms with Crippen LogP contribution in [0.15, 0.2) is 16.8 Å². The number of fused-ring (bicyclic) bond motifs is 1. The maximum atomic E-state index is 5.81. The standard InChI is InChI=1S/C12H17N5O/c1-17-6-2-3-8(17)7-14-10-5-4-9(13)11-12(10)16-18-15-11/h4-5,8,14H,2-3,6-7,13H2,1H3. The quantitative estimate of drug-likeness (QED) is 0.796. The molecule has 1 fully saturated rings. The van der Waals surface area contributed by atoms with E-state index in [1.165, 1.54) is 19.4 Å². The third-order valence-electron chi connectivity index (χ3n) is 3.65. The molecule has 0 saturated carbocycles. The molecule has 0 bridgehead atoms.